The molecule has 0 spiro atoms. The Morgan fingerprint density at radius 1 is 1.33 bits per heavy atom. The normalized spacial score (nSPS) is 10.0. The van der Waals surface area contributed by atoms with Crippen molar-refractivity contribution in [2.45, 2.75) is 0 Å². The first-order valence-corrected chi connectivity index (χ1v) is 3.35. The van der Waals surface area contributed by atoms with Crippen molar-refractivity contribution in [1.29, 1.82) is 0 Å². The Balaban J connectivity index is 2.48. The van der Waals surface area contributed by atoms with E-state index in [1.54, 1.807) is 18.2 Å². The van der Waals surface area contributed by atoms with E-state index in [-0.39, 0.29) is 0 Å². The topological polar surface area (TPSA) is 77.8 Å². The highest BCUT2D eigenvalue weighted by molar-refractivity contribution is 5.50. The molecule has 2 rings (SSSR count). The maximum absolute atomic E-state index is 5.47. The third kappa shape index (κ3) is 1.12. The first-order valence-electron chi connectivity index (χ1n) is 3.35. The van der Waals surface area contributed by atoms with Crippen LogP contribution in [0.2, 0.25) is 0 Å². The number of hydrogen-bond acceptors (Lipinski definition) is 5. The lowest BCUT2D eigenvalue weighted by molar-refractivity contribution is 0.418. The number of hydrogen-bond donors (Lipinski definition) is 1. The number of rotatable bonds is 1. The van der Waals surface area contributed by atoms with Crippen molar-refractivity contribution in [3.63, 3.8) is 0 Å². The highest BCUT2D eigenvalue weighted by Crippen LogP contribution is 2.11. The van der Waals surface area contributed by atoms with E-state index in [0.717, 1.165) is 0 Å². The summed E-state index contributed by atoms with van der Waals surface area (Å²) in [4.78, 5) is 7.84. The maximum atomic E-state index is 5.47. The van der Waals surface area contributed by atoms with E-state index in [1.807, 2.05) is 0 Å². The SMILES string of the molecule is Nc1cccc(-c2ncon2)n1. The minimum Gasteiger partial charge on any atom is -0.384 e. The first-order chi connectivity index (χ1) is 5.86. The molecule has 60 valence electrons. The summed E-state index contributed by atoms with van der Waals surface area (Å²) in [5, 5.41) is 3.62. The average molecular weight is 162 g/mol. The molecule has 0 aromatic carbocycles. The lowest BCUT2D eigenvalue weighted by Gasteiger charge is -1.93. The van der Waals surface area contributed by atoms with Gasteiger partial charge in [-0.15, -0.1) is 0 Å². The van der Waals surface area contributed by atoms with Gasteiger partial charge in [0, 0.05) is 0 Å². The Labute approximate surface area is 68.2 Å². The van der Waals surface area contributed by atoms with Crippen molar-refractivity contribution in [2.75, 3.05) is 5.73 Å². The molecule has 0 amide bonds. The highest BCUT2D eigenvalue weighted by atomic mass is 16.5. The number of nitrogen functional groups attached to an aromatic ring is 1. The van der Waals surface area contributed by atoms with Crippen LogP contribution in [-0.2, 0) is 0 Å². The number of nitrogens with zero attached hydrogens (tertiary/aromatic N) is 3. The molecule has 0 aliphatic carbocycles. The Morgan fingerprint density at radius 2 is 2.25 bits per heavy atom. The Morgan fingerprint density at radius 3 is 2.92 bits per heavy atom. The number of nitrogens with two attached hydrogens (primary N) is 1. The molecule has 0 fully saturated rings. The van der Waals surface area contributed by atoms with Crippen LogP contribution >= 0.6 is 0 Å². The summed E-state index contributed by atoms with van der Waals surface area (Å²) in [7, 11) is 0. The van der Waals surface area contributed by atoms with Crippen LogP contribution in [-0.4, -0.2) is 15.1 Å². The molecule has 5 heteroatoms. The second kappa shape index (κ2) is 2.61. The number of aromatic nitrogens is 3. The van der Waals surface area contributed by atoms with Gasteiger partial charge in [-0.3, -0.25) is 0 Å². The standard InChI is InChI=1S/C7H6N4O/c8-6-3-1-2-5(10-6)7-9-4-12-11-7/h1-4H,(H2,8,10). The van der Waals surface area contributed by atoms with Gasteiger partial charge >= 0.3 is 0 Å². The predicted molar refractivity (Wildman–Crippen MR) is 41.9 cm³/mol. The summed E-state index contributed by atoms with van der Waals surface area (Å²) in [6.07, 6.45) is 1.25. The lowest BCUT2D eigenvalue weighted by Crippen LogP contribution is -1.91. The minimum absolute atomic E-state index is 0.442. The Hall–Kier alpha value is -1.91. The van der Waals surface area contributed by atoms with E-state index in [9.17, 15) is 0 Å². The molecule has 0 radical (unpaired) electrons. The average Bonchev–Trinajstić information content (AvgIpc) is 2.56. The molecular formula is C7H6N4O. The molecule has 2 aromatic rings. The largest absolute Gasteiger partial charge is 0.384 e. The monoisotopic (exact) mass is 162 g/mol. The van der Waals surface area contributed by atoms with Crippen LogP contribution in [0.3, 0.4) is 0 Å². The van der Waals surface area contributed by atoms with Crippen LogP contribution in [0.25, 0.3) is 11.5 Å². The zero-order valence-electron chi connectivity index (χ0n) is 6.14. The van der Waals surface area contributed by atoms with E-state index >= 15 is 0 Å². The first kappa shape index (κ1) is 6.78. The Kier molecular flexibility index (Phi) is 1.48. The second-order valence-electron chi connectivity index (χ2n) is 2.20. The fourth-order valence-corrected chi connectivity index (χ4v) is 0.859. The molecule has 0 bridgehead atoms. The molecule has 2 N–H and O–H groups in total. The van der Waals surface area contributed by atoms with Gasteiger partial charge in [0.25, 0.3) is 0 Å². The van der Waals surface area contributed by atoms with E-state index in [2.05, 4.69) is 19.6 Å². The van der Waals surface area contributed by atoms with E-state index in [0.29, 0.717) is 17.3 Å². The van der Waals surface area contributed by atoms with Crippen LogP contribution in [0.1, 0.15) is 0 Å². The summed E-state index contributed by atoms with van der Waals surface area (Å²) >= 11 is 0. The molecule has 2 heterocycles. The Bertz CT molecular complexity index is 371. The predicted octanol–water partition coefficient (Wildman–Crippen LogP) is 0.714. The lowest BCUT2D eigenvalue weighted by atomic mass is 10.3. The summed E-state index contributed by atoms with van der Waals surface area (Å²) < 4.78 is 4.57. The summed E-state index contributed by atoms with van der Waals surface area (Å²) in [6, 6.07) is 5.25. The van der Waals surface area contributed by atoms with Crippen molar-refractivity contribution in [3.05, 3.63) is 24.6 Å². The van der Waals surface area contributed by atoms with Crippen molar-refractivity contribution in [1.82, 2.24) is 15.1 Å². The van der Waals surface area contributed by atoms with Gasteiger partial charge in [-0.2, -0.15) is 4.98 Å². The molecule has 5 nitrogen and oxygen atoms in total. The van der Waals surface area contributed by atoms with E-state index in [1.165, 1.54) is 6.39 Å². The van der Waals surface area contributed by atoms with Crippen LogP contribution < -0.4 is 5.73 Å². The zero-order valence-corrected chi connectivity index (χ0v) is 6.14. The maximum Gasteiger partial charge on any atom is 0.220 e. The number of anilines is 1. The van der Waals surface area contributed by atoms with Crippen LogP contribution in [0.5, 0.6) is 0 Å². The van der Waals surface area contributed by atoms with Gasteiger partial charge in [0.2, 0.25) is 12.2 Å². The summed E-state index contributed by atoms with van der Waals surface area (Å²) in [5.41, 5.74) is 6.08. The van der Waals surface area contributed by atoms with Crippen LogP contribution in [0.4, 0.5) is 5.82 Å². The van der Waals surface area contributed by atoms with Crippen LogP contribution in [0, 0.1) is 0 Å². The van der Waals surface area contributed by atoms with Crippen molar-refractivity contribution in [3.8, 4) is 11.5 Å². The molecule has 0 saturated heterocycles. The van der Waals surface area contributed by atoms with Gasteiger partial charge in [-0.25, -0.2) is 4.98 Å². The third-order valence-electron chi connectivity index (χ3n) is 1.36. The summed E-state index contributed by atoms with van der Waals surface area (Å²) in [6.45, 7) is 0. The smallest absolute Gasteiger partial charge is 0.220 e. The molecule has 0 saturated carbocycles. The van der Waals surface area contributed by atoms with Crippen molar-refractivity contribution in [2.24, 2.45) is 0 Å². The zero-order chi connectivity index (χ0) is 8.39. The number of pyridine rings is 1. The van der Waals surface area contributed by atoms with Gasteiger partial charge in [0.05, 0.1) is 0 Å². The van der Waals surface area contributed by atoms with Crippen molar-refractivity contribution < 1.29 is 4.52 Å². The quantitative estimate of drug-likeness (QED) is 0.668. The van der Waals surface area contributed by atoms with Gasteiger partial charge in [0.15, 0.2) is 0 Å². The molecule has 0 aliphatic rings. The fourth-order valence-electron chi connectivity index (χ4n) is 0.859. The third-order valence-corrected chi connectivity index (χ3v) is 1.36. The van der Waals surface area contributed by atoms with Gasteiger partial charge in [-0.05, 0) is 12.1 Å². The van der Waals surface area contributed by atoms with Crippen molar-refractivity contribution >= 4 is 5.82 Å². The molecule has 0 aliphatic heterocycles. The van der Waals surface area contributed by atoms with E-state index < -0.39 is 0 Å². The summed E-state index contributed by atoms with van der Waals surface area (Å²) in [5.74, 6) is 0.889. The minimum atomic E-state index is 0.442. The molecular weight excluding hydrogens is 156 g/mol. The van der Waals surface area contributed by atoms with E-state index in [4.69, 9.17) is 5.73 Å². The van der Waals surface area contributed by atoms with Gasteiger partial charge in [-0.1, -0.05) is 11.2 Å². The molecule has 2 aromatic heterocycles. The van der Waals surface area contributed by atoms with Gasteiger partial charge < -0.3 is 10.3 Å². The molecule has 12 heavy (non-hydrogen) atoms. The second-order valence-corrected chi connectivity index (χ2v) is 2.20. The highest BCUT2D eigenvalue weighted by Gasteiger charge is 2.03. The van der Waals surface area contributed by atoms with Gasteiger partial charge in [0.1, 0.15) is 11.5 Å². The molecule has 0 unspecified atom stereocenters. The molecule has 0 atom stereocenters. The van der Waals surface area contributed by atoms with Crippen LogP contribution in [0.15, 0.2) is 29.1 Å². The fraction of sp³-hybridized carbons (Fsp3) is 0.